The third-order valence-electron chi connectivity index (χ3n) is 2.48. The number of tetrazole rings is 1. The van der Waals surface area contributed by atoms with Crippen LogP contribution in [0.1, 0.15) is 5.82 Å². The Kier molecular flexibility index (Phi) is 3.30. The van der Waals surface area contributed by atoms with Gasteiger partial charge >= 0.3 is 0 Å². The van der Waals surface area contributed by atoms with Crippen LogP contribution in [0.25, 0.3) is 5.69 Å². The van der Waals surface area contributed by atoms with Crippen LogP contribution in [0, 0.1) is 6.92 Å². The number of nitrogens with zero attached hydrogens (tertiary/aromatic N) is 6. The molecule has 0 aliphatic carbocycles. The predicted octanol–water partition coefficient (Wildman–Crippen LogP) is 1.62. The van der Waals surface area contributed by atoms with Gasteiger partial charge in [0, 0.05) is 6.20 Å². The fourth-order valence-electron chi connectivity index (χ4n) is 1.58. The molecule has 100 valence electrons. The maximum atomic E-state index is 9.31. The molecule has 7 nitrogen and oxygen atoms in total. The van der Waals surface area contributed by atoms with Crippen LogP contribution in [0.5, 0.6) is 5.75 Å². The van der Waals surface area contributed by atoms with Crippen LogP contribution in [0.4, 0.5) is 0 Å². The zero-order valence-corrected chi connectivity index (χ0v) is 11.3. The lowest BCUT2D eigenvalue weighted by Gasteiger charge is -2.04. The van der Waals surface area contributed by atoms with Crippen LogP contribution in [-0.2, 0) is 0 Å². The monoisotopic (exact) mass is 286 g/mol. The summed E-state index contributed by atoms with van der Waals surface area (Å²) in [6.07, 6.45) is 1.69. The topological polar surface area (TPSA) is 89.6 Å². The van der Waals surface area contributed by atoms with Crippen molar-refractivity contribution in [1.82, 2.24) is 30.2 Å². The lowest BCUT2D eigenvalue weighted by molar-refractivity contribution is 0.475. The van der Waals surface area contributed by atoms with Gasteiger partial charge < -0.3 is 5.11 Å². The van der Waals surface area contributed by atoms with Crippen LogP contribution < -0.4 is 0 Å². The molecular weight excluding hydrogens is 276 g/mol. The lowest BCUT2D eigenvalue weighted by Crippen LogP contribution is -1.99. The minimum atomic E-state index is 0.197. The molecule has 0 bridgehead atoms. The Labute approximate surface area is 118 Å². The van der Waals surface area contributed by atoms with E-state index in [9.17, 15) is 5.11 Å². The molecule has 3 aromatic rings. The number of phenols is 1. The van der Waals surface area contributed by atoms with Crippen molar-refractivity contribution in [2.75, 3.05) is 0 Å². The second kappa shape index (κ2) is 5.25. The van der Waals surface area contributed by atoms with Crippen molar-refractivity contribution < 1.29 is 5.11 Å². The largest absolute Gasteiger partial charge is 0.508 e. The molecule has 0 saturated carbocycles. The summed E-state index contributed by atoms with van der Waals surface area (Å²) in [5.41, 5.74) is 0.765. The van der Waals surface area contributed by atoms with Crippen molar-refractivity contribution in [3.63, 3.8) is 0 Å². The summed E-state index contributed by atoms with van der Waals surface area (Å²) in [5, 5.41) is 22.3. The number of aryl methyl sites for hydroxylation is 1. The number of rotatable bonds is 3. The summed E-state index contributed by atoms with van der Waals surface area (Å²) in [6.45, 7) is 1.83. The molecule has 0 aliphatic heterocycles. The van der Waals surface area contributed by atoms with Crippen molar-refractivity contribution in [1.29, 1.82) is 0 Å². The number of benzene rings is 1. The molecule has 2 aromatic heterocycles. The fraction of sp³-hybridized carbons (Fsp3) is 0.0833. The molecule has 0 fully saturated rings. The first kappa shape index (κ1) is 12.5. The number of phenolic OH excluding ortho intramolecular Hbond substituents is 1. The molecule has 0 amide bonds. The first-order chi connectivity index (χ1) is 9.72. The minimum absolute atomic E-state index is 0.197. The highest BCUT2D eigenvalue weighted by Crippen LogP contribution is 2.25. The van der Waals surface area contributed by atoms with Gasteiger partial charge in [-0.05, 0) is 59.4 Å². The van der Waals surface area contributed by atoms with Gasteiger partial charge in [-0.25, -0.2) is 9.97 Å². The van der Waals surface area contributed by atoms with Crippen molar-refractivity contribution in [3.8, 4) is 11.4 Å². The zero-order chi connectivity index (χ0) is 13.9. The minimum Gasteiger partial charge on any atom is -0.508 e. The summed E-state index contributed by atoms with van der Waals surface area (Å²) in [6, 6.07) is 8.44. The summed E-state index contributed by atoms with van der Waals surface area (Å²) in [4.78, 5) is 8.35. The summed E-state index contributed by atoms with van der Waals surface area (Å²) < 4.78 is 1.58. The molecule has 20 heavy (non-hydrogen) atoms. The quantitative estimate of drug-likeness (QED) is 0.731. The Hall–Kier alpha value is -2.48. The Morgan fingerprint density at radius 3 is 2.70 bits per heavy atom. The van der Waals surface area contributed by atoms with Gasteiger partial charge in [-0.2, -0.15) is 4.68 Å². The molecule has 0 radical (unpaired) electrons. The highest BCUT2D eigenvalue weighted by Gasteiger charge is 2.11. The number of aromatic nitrogens is 6. The summed E-state index contributed by atoms with van der Waals surface area (Å²) >= 11 is 1.35. The highest BCUT2D eigenvalue weighted by molar-refractivity contribution is 7.99. The van der Waals surface area contributed by atoms with Gasteiger partial charge in [0.05, 0.1) is 5.69 Å². The van der Waals surface area contributed by atoms with Crippen LogP contribution in [0.2, 0.25) is 0 Å². The SMILES string of the molecule is Cc1nccc(Sc2nnnn2-c2ccc(O)cc2)n1. The average Bonchev–Trinajstić information content (AvgIpc) is 2.88. The molecular formula is C12H10N6OS. The van der Waals surface area contributed by atoms with Crippen LogP contribution in [0.3, 0.4) is 0 Å². The van der Waals surface area contributed by atoms with Crippen LogP contribution >= 0.6 is 11.8 Å². The molecule has 0 aliphatic rings. The van der Waals surface area contributed by atoms with E-state index in [4.69, 9.17) is 0 Å². The van der Waals surface area contributed by atoms with Crippen molar-refractivity contribution in [2.45, 2.75) is 17.1 Å². The Morgan fingerprint density at radius 1 is 1.15 bits per heavy atom. The maximum Gasteiger partial charge on any atom is 0.220 e. The highest BCUT2D eigenvalue weighted by atomic mass is 32.2. The Balaban J connectivity index is 1.92. The standard InChI is InChI=1S/C12H10N6OS/c1-8-13-7-6-11(14-8)20-12-15-16-17-18(12)9-2-4-10(19)5-3-9/h2-7,19H,1H3. The van der Waals surface area contributed by atoms with Gasteiger partial charge in [-0.1, -0.05) is 0 Å². The van der Waals surface area contributed by atoms with Gasteiger partial charge in [-0.15, -0.1) is 5.10 Å². The molecule has 3 rings (SSSR count). The second-order valence-electron chi connectivity index (χ2n) is 3.93. The molecule has 0 spiro atoms. The van der Waals surface area contributed by atoms with Crippen molar-refractivity contribution in [3.05, 3.63) is 42.4 Å². The van der Waals surface area contributed by atoms with E-state index >= 15 is 0 Å². The lowest BCUT2D eigenvalue weighted by atomic mass is 10.3. The van der Waals surface area contributed by atoms with Gasteiger partial charge in [0.1, 0.15) is 16.6 Å². The van der Waals surface area contributed by atoms with Gasteiger partial charge in [0.25, 0.3) is 0 Å². The number of hydrogen-bond acceptors (Lipinski definition) is 7. The molecule has 1 aromatic carbocycles. The van der Waals surface area contributed by atoms with E-state index in [0.717, 1.165) is 10.7 Å². The van der Waals surface area contributed by atoms with E-state index in [1.54, 1.807) is 41.2 Å². The van der Waals surface area contributed by atoms with Crippen LogP contribution in [0.15, 0.2) is 46.7 Å². The van der Waals surface area contributed by atoms with Crippen molar-refractivity contribution >= 4 is 11.8 Å². The number of aromatic hydroxyl groups is 1. The van der Waals surface area contributed by atoms with Gasteiger partial charge in [-0.3, -0.25) is 0 Å². The van der Waals surface area contributed by atoms with E-state index in [-0.39, 0.29) is 5.75 Å². The normalized spacial score (nSPS) is 10.7. The third kappa shape index (κ3) is 2.59. The molecule has 0 atom stereocenters. The average molecular weight is 286 g/mol. The third-order valence-corrected chi connectivity index (χ3v) is 3.36. The first-order valence-electron chi connectivity index (χ1n) is 5.78. The van der Waals surface area contributed by atoms with E-state index < -0.39 is 0 Å². The summed E-state index contributed by atoms with van der Waals surface area (Å²) in [7, 11) is 0. The van der Waals surface area contributed by atoms with Gasteiger partial charge in [0.2, 0.25) is 5.16 Å². The van der Waals surface area contributed by atoms with Gasteiger partial charge in [0.15, 0.2) is 0 Å². The predicted molar refractivity (Wildman–Crippen MR) is 71.7 cm³/mol. The molecule has 8 heteroatoms. The molecule has 0 unspecified atom stereocenters. The van der Waals surface area contributed by atoms with E-state index in [2.05, 4.69) is 25.5 Å². The first-order valence-corrected chi connectivity index (χ1v) is 6.59. The summed E-state index contributed by atoms with van der Waals surface area (Å²) in [5.74, 6) is 0.890. The zero-order valence-electron chi connectivity index (χ0n) is 10.5. The van der Waals surface area contributed by atoms with E-state index in [0.29, 0.717) is 11.0 Å². The maximum absolute atomic E-state index is 9.31. The van der Waals surface area contributed by atoms with E-state index in [1.807, 2.05) is 6.92 Å². The molecule has 1 N–H and O–H groups in total. The molecule has 0 saturated heterocycles. The smallest absolute Gasteiger partial charge is 0.220 e. The second-order valence-corrected chi connectivity index (χ2v) is 4.92. The van der Waals surface area contributed by atoms with Crippen molar-refractivity contribution in [2.24, 2.45) is 0 Å². The Bertz CT molecular complexity index is 727. The Morgan fingerprint density at radius 2 is 1.95 bits per heavy atom. The van der Waals surface area contributed by atoms with E-state index in [1.165, 1.54) is 11.8 Å². The number of hydrogen-bond donors (Lipinski definition) is 1. The van der Waals surface area contributed by atoms with Crippen LogP contribution in [-0.4, -0.2) is 35.3 Å². The molecule has 2 heterocycles. The fourth-order valence-corrected chi connectivity index (χ4v) is 2.38.